The number of hydrogen-bond donors (Lipinski definition) is 0. The van der Waals surface area contributed by atoms with Crippen LogP contribution in [-0.2, 0) is 0 Å². The summed E-state index contributed by atoms with van der Waals surface area (Å²) in [6.45, 7) is 0. The minimum atomic E-state index is 0.290. The van der Waals surface area contributed by atoms with Crippen molar-refractivity contribution in [1.29, 1.82) is 0 Å². The van der Waals surface area contributed by atoms with E-state index in [0.29, 0.717) is 11.6 Å². The molecule has 1 aromatic heterocycles. The molecule has 1 aromatic carbocycles. The molecule has 0 aliphatic carbocycles. The maximum atomic E-state index is 5.69. The molecule has 5 heteroatoms. The average Bonchev–Trinajstić information content (AvgIpc) is 2.54. The molecule has 1 radical (unpaired) electrons. The fourth-order valence-electron chi connectivity index (χ4n) is 0.782. The predicted octanol–water partition coefficient (Wildman–Crippen LogP) is 2.78. The lowest BCUT2D eigenvalue weighted by Crippen LogP contribution is -1.83. The van der Waals surface area contributed by atoms with Gasteiger partial charge in [0.2, 0.25) is 5.15 Å². The first-order valence-corrected chi connectivity index (χ1v) is 4.59. The SMILES string of the molecule is Clc1nsnc1Oc1cc[c]cc1. The minimum absolute atomic E-state index is 0.290. The summed E-state index contributed by atoms with van der Waals surface area (Å²) in [5.74, 6) is 1.02. The highest BCUT2D eigenvalue weighted by Crippen LogP contribution is 2.26. The molecule has 0 spiro atoms. The van der Waals surface area contributed by atoms with E-state index in [1.54, 1.807) is 24.3 Å². The lowest BCUT2D eigenvalue weighted by atomic mass is 10.3. The summed E-state index contributed by atoms with van der Waals surface area (Å²) in [5, 5.41) is 0.290. The maximum absolute atomic E-state index is 5.69. The van der Waals surface area contributed by atoms with Crippen molar-refractivity contribution >= 4 is 23.3 Å². The van der Waals surface area contributed by atoms with Crippen molar-refractivity contribution in [2.45, 2.75) is 0 Å². The van der Waals surface area contributed by atoms with Crippen LogP contribution in [0.3, 0.4) is 0 Å². The first-order chi connectivity index (χ1) is 6.36. The van der Waals surface area contributed by atoms with Gasteiger partial charge in [-0.15, -0.1) is 4.37 Å². The van der Waals surface area contributed by atoms with Gasteiger partial charge in [0.05, 0.1) is 11.7 Å². The molecule has 3 nitrogen and oxygen atoms in total. The van der Waals surface area contributed by atoms with E-state index in [4.69, 9.17) is 16.3 Å². The summed E-state index contributed by atoms with van der Waals surface area (Å²) in [6.07, 6.45) is 0. The zero-order chi connectivity index (χ0) is 9.10. The molecule has 0 fully saturated rings. The van der Waals surface area contributed by atoms with Gasteiger partial charge in [-0.2, -0.15) is 4.37 Å². The van der Waals surface area contributed by atoms with Gasteiger partial charge in [-0.25, -0.2) is 0 Å². The monoisotopic (exact) mass is 211 g/mol. The van der Waals surface area contributed by atoms with Crippen LogP contribution < -0.4 is 4.74 Å². The Bertz CT molecular complexity index is 390. The summed E-state index contributed by atoms with van der Waals surface area (Å²) < 4.78 is 13.0. The number of nitrogens with zero attached hydrogens (tertiary/aromatic N) is 2. The molecule has 0 unspecified atom stereocenters. The number of benzene rings is 1. The number of halogens is 1. The first-order valence-electron chi connectivity index (χ1n) is 3.48. The van der Waals surface area contributed by atoms with E-state index in [2.05, 4.69) is 14.8 Å². The minimum Gasteiger partial charge on any atom is -0.436 e. The van der Waals surface area contributed by atoms with Gasteiger partial charge in [0.15, 0.2) is 0 Å². The summed E-state index contributed by atoms with van der Waals surface area (Å²) in [4.78, 5) is 0. The molecule has 0 amide bonds. The van der Waals surface area contributed by atoms with Crippen molar-refractivity contribution in [3.63, 3.8) is 0 Å². The Labute approximate surface area is 84.3 Å². The molecular weight excluding hydrogens is 208 g/mol. The summed E-state index contributed by atoms with van der Waals surface area (Å²) in [5.41, 5.74) is 0. The van der Waals surface area contributed by atoms with E-state index in [9.17, 15) is 0 Å². The van der Waals surface area contributed by atoms with Crippen LogP contribution in [0.5, 0.6) is 11.6 Å². The molecule has 0 bridgehead atoms. The number of hydrogen-bond acceptors (Lipinski definition) is 4. The third kappa shape index (κ3) is 1.96. The average molecular weight is 212 g/mol. The van der Waals surface area contributed by atoms with Crippen molar-refractivity contribution in [3.05, 3.63) is 35.5 Å². The van der Waals surface area contributed by atoms with Gasteiger partial charge >= 0.3 is 0 Å². The number of ether oxygens (including phenoxy) is 1. The second-order valence-electron chi connectivity index (χ2n) is 2.20. The fourth-order valence-corrected chi connectivity index (χ4v) is 1.39. The van der Waals surface area contributed by atoms with Crippen molar-refractivity contribution in [2.75, 3.05) is 0 Å². The van der Waals surface area contributed by atoms with Gasteiger partial charge in [-0.1, -0.05) is 23.7 Å². The van der Waals surface area contributed by atoms with E-state index >= 15 is 0 Å². The summed E-state index contributed by atoms with van der Waals surface area (Å²) in [6, 6.07) is 9.93. The van der Waals surface area contributed by atoms with Gasteiger partial charge in [-0.05, 0) is 18.2 Å². The van der Waals surface area contributed by atoms with E-state index in [1.807, 2.05) is 0 Å². The molecule has 1 heterocycles. The van der Waals surface area contributed by atoms with Gasteiger partial charge in [0.25, 0.3) is 5.88 Å². The zero-order valence-electron chi connectivity index (χ0n) is 6.40. The Hall–Kier alpha value is -1.13. The molecule has 2 rings (SSSR count). The number of rotatable bonds is 2. The van der Waals surface area contributed by atoms with Crippen LogP contribution in [0.1, 0.15) is 0 Å². The van der Waals surface area contributed by atoms with Gasteiger partial charge in [0, 0.05) is 0 Å². The Morgan fingerprint density at radius 1 is 1.31 bits per heavy atom. The van der Waals surface area contributed by atoms with Crippen molar-refractivity contribution in [3.8, 4) is 11.6 Å². The third-order valence-electron chi connectivity index (χ3n) is 1.32. The summed E-state index contributed by atoms with van der Waals surface area (Å²) >= 11 is 6.71. The molecule has 0 saturated carbocycles. The second-order valence-corrected chi connectivity index (χ2v) is 3.08. The quantitative estimate of drug-likeness (QED) is 0.766. The Morgan fingerprint density at radius 3 is 2.69 bits per heavy atom. The lowest BCUT2D eigenvalue weighted by molar-refractivity contribution is 0.468. The van der Waals surface area contributed by atoms with Gasteiger partial charge in [0.1, 0.15) is 5.75 Å². The van der Waals surface area contributed by atoms with Gasteiger partial charge < -0.3 is 4.74 Å². The van der Waals surface area contributed by atoms with Crippen LogP contribution in [0.4, 0.5) is 0 Å². The summed E-state index contributed by atoms with van der Waals surface area (Å²) in [7, 11) is 0. The molecule has 0 aliphatic heterocycles. The molecule has 0 aliphatic rings. The van der Waals surface area contributed by atoms with Crippen molar-refractivity contribution < 1.29 is 4.74 Å². The molecule has 13 heavy (non-hydrogen) atoms. The largest absolute Gasteiger partial charge is 0.436 e. The van der Waals surface area contributed by atoms with Crippen LogP contribution in [0.2, 0.25) is 5.15 Å². The van der Waals surface area contributed by atoms with Crippen LogP contribution in [-0.4, -0.2) is 8.75 Å². The fraction of sp³-hybridized carbons (Fsp3) is 0. The topological polar surface area (TPSA) is 35.0 Å². The van der Waals surface area contributed by atoms with Crippen LogP contribution in [0.15, 0.2) is 24.3 Å². The van der Waals surface area contributed by atoms with E-state index in [1.165, 1.54) is 0 Å². The van der Waals surface area contributed by atoms with Crippen molar-refractivity contribution in [1.82, 2.24) is 8.75 Å². The van der Waals surface area contributed by atoms with E-state index in [-0.39, 0.29) is 5.15 Å². The highest BCUT2D eigenvalue weighted by Gasteiger charge is 2.06. The molecule has 65 valence electrons. The molecule has 0 saturated heterocycles. The maximum Gasteiger partial charge on any atom is 0.270 e. The molecule has 2 aromatic rings. The normalized spacial score (nSPS) is 9.92. The molecule has 0 N–H and O–H groups in total. The molecular formula is C8H4ClN2OS. The smallest absolute Gasteiger partial charge is 0.270 e. The predicted molar refractivity (Wildman–Crippen MR) is 50.3 cm³/mol. The first kappa shape index (κ1) is 8.47. The highest BCUT2D eigenvalue weighted by atomic mass is 35.5. The zero-order valence-corrected chi connectivity index (χ0v) is 7.97. The van der Waals surface area contributed by atoms with Gasteiger partial charge in [-0.3, -0.25) is 0 Å². The Kier molecular flexibility index (Phi) is 2.42. The second kappa shape index (κ2) is 3.72. The third-order valence-corrected chi connectivity index (χ3v) is 2.18. The molecule has 0 atom stereocenters. The lowest BCUT2D eigenvalue weighted by Gasteiger charge is -1.99. The van der Waals surface area contributed by atoms with Crippen LogP contribution >= 0.6 is 23.3 Å². The standard InChI is InChI=1S/C8H4ClN2OS/c9-7-8(11-13-10-7)12-6-4-2-1-3-5-6/h2-5H. The van der Waals surface area contributed by atoms with E-state index < -0.39 is 0 Å². The van der Waals surface area contributed by atoms with Crippen LogP contribution in [0, 0.1) is 6.07 Å². The Balaban J connectivity index is 2.20. The Morgan fingerprint density at radius 2 is 2.08 bits per heavy atom. The van der Waals surface area contributed by atoms with Crippen LogP contribution in [0.25, 0.3) is 0 Å². The van der Waals surface area contributed by atoms with Crippen molar-refractivity contribution in [2.24, 2.45) is 0 Å². The number of aromatic nitrogens is 2. The van der Waals surface area contributed by atoms with E-state index in [0.717, 1.165) is 11.7 Å². The highest BCUT2D eigenvalue weighted by molar-refractivity contribution is 6.99.